The highest BCUT2D eigenvalue weighted by molar-refractivity contribution is 5.30. The van der Waals surface area contributed by atoms with Crippen LogP contribution < -0.4 is 5.32 Å². The number of hydrogen-bond acceptors (Lipinski definition) is 2. The Morgan fingerprint density at radius 1 is 1.17 bits per heavy atom. The van der Waals surface area contributed by atoms with Crippen LogP contribution in [-0.2, 0) is 12.7 Å². The molecule has 1 rings (SSSR count). The number of unbranched alkanes of at least 4 members (excludes halogenated alkanes) is 1. The van der Waals surface area contributed by atoms with Gasteiger partial charge in [-0.1, -0.05) is 6.07 Å². The van der Waals surface area contributed by atoms with Crippen LogP contribution in [0.25, 0.3) is 0 Å². The van der Waals surface area contributed by atoms with Gasteiger partial charge in [0.2, 0.25) is 0 Å². The van der Waals surface area contributed by atoms with Crippen LogP contribution in [-0.4, -0.2) is 18.3 Å². The summed E-state index contributed by atoms with van der Waals surface area (Å²) in [6, 6.07) is 2.65. The van der Waals surface area contributed by atoms with E-state index in [0.29, 0.717) is 25.5 Å². The van der Waals surface area contributed by atoms with Crippen LogP contribution >= 0.6 is 0 Å². The van der Waals surface area contributed by atoms with Gasteiger partial charge in [0, 0.05) is 13.2 Å². The van der Waals surface area contributed by atoms with Crippen molar-refractivity contribution >= 4 is 0 Å². The molecule has 0 radical (unpaired) electrons. The minimum absolute atomic E-state index is 0.0212. The molecule has 1 aromatic rings. The lowest BCUT2D eigenvalue weighted by Crippen LogP contribution is -2.19. The summed E-state index contributed by atoms with van der Waals surface area (Å²) in [6.07, 6.45) is -3.27. The first-order valence-electron chi connectivity index (χ1n) is 5.62. The molecule has 0 heterocycles. The summed E-state index contributed by atoms with van der Waals surface area (Å²) < 4.78 is 50.7. The lowest BCUT2D eigenvalue weighted by atomic mass is 10.1. The fourth-order valence-corrected chi connectivity index (χ4v) is 1.55. The maximum Gasteiger partial charge on any atom is 0.416 e. The Hall–Kier alpha value is -1.14. The normalized spacial score (nSPS) is 11.8. The molecular weight excluding hydrogens is 250 g/mol. The van der Waals surface area contributed by atoms with E-state index in [1.807, 2.05) is 0 Å². The predicted molar refractivity (Wildman–Crippen MR) is 59.4 cm³/mol. The molecule has 1 aromatic carbocycles. The molecule has 0 aromatic heterocycles. The first-order chi connectivity index (χ1) is 8.45. The minimum atomic E-state index is -4.55. The third-order valence-corrected chi connectivity index (χ3v) is 2.45. The van der Waals surface area contributed by atoms with Gasteiger partial charge in [0.1, 0.15) is 5.82 Å². The Morgan fingerprint density at radius 2 is 1.89 bits per heavy atom. The van der Waals surface area contributed by atoms with Crippen LogP contribution in [0.3, 0.4) is 0 Å². The van der Waals surface area contributed by atoms with Gasteiger partial charge in [-0.3, -0.25) is 0 Å². The molecule has 2 nitrogen and oxygen atoms in total. The van der Waals surface area contributed by atoms with Crippen LogP contribution in [0.4, 0.5) is 17.6 Å². The van der Waals surface area contributed by atoms with E-state index in [4.69, 9.17) is 5.11 Å². The van der Waals surface area contributed by atoms with Crippen LogP contribution in [0.5, 0.6) is 0 Å². The quantitative estimate of drug-likeness (QED) is 0.612. The highest BCUT2D eigenvalue weighted by Gasteiger charge is 2.33. The number of rotatable bonds is 6. The van der Waals surface area contributed by atoms with Gasteiger partial charge in [-0.2, -0.15) is 13.2 Å². The molecule has 102 valence electrons. The van der Waals surface area contributed by atoms with E-state index in [2.05, 4.69) is 5.32 Å². The zero-order valence-electron chi connectivity index (χ0n) is 9.73. The first kappa shape index (κ1) is 14.9. The zero-order chi connectivity index (χ0) is 13.6. The molecule has 18 heavy (non-hydrogen) atoms. The van der Waals surface area contributed by atoms with E-state index in [1.54, 1.807) is 0 Å². The van der Waals surface area contributed by atoms with Crippen LogP contribution in [0, 0.1) is 5.82 Å². The fraction of sp³-hybridized carbons (Fsp3) is 0.500. The van der Waals surface area contributed by atoms with Crippen molar-refractivity contribution in [3.63, 3.8) is 0 Å². The third-order valence-electron chi connectivity index (χ3n) is 2.45. The topological polar surface area (TPSA) is 32.3 Å². The van der Waals surface area contributed by atoms with Gasteiger partial charge in [-0.25, -0.2) is 4.39 Å². The fourth-order valence-electron chi connectivity index (χ4n) is 1.55. The van der Waals surface area contributed by atoms with Crippen molar-refractivity contribution in [2.24, 2.45) is 0 Å². The minimum Gasteiger partial charge on any atom is -0.396 e. The second kappa shape index (κ2) is 6.70. The van der Waals surface area contributed by atoms with Crippen LogP contribution in [0.15, 0.2) is 18.2 Å². The average molecular weight is 265 g/mol. The number of hydrogen-bond donors (Lipinski definition) is 2. The summed E-state index contributed by atoms with van der Waals surface area (Å²) in [5, 5.41) is 11.4. The summed E-state index contributed by atoms with van der Waals surface area (Å²) in [6.45, 7) is 0.599. The number of benzene rings is 1. The Bertz CT molecular complexity index is 379. The van der Waals surface area contributed by atoms with Crippen molar-refractivity contribution in [1.82, 2.24) is 5.32 Å². The Kier molecular flexibility index (Phi) is 5.55. The number of aliphatic hydroxyl groups is 1. The van der Waals surface area contributed by atoms with Gasteiger partial charge in [0.05, 0.1) is 5.56 Å². The van der Waals surface area contributed by atoms with E-state index in [1.165, 1.54) is 0 Å². The van der Waals surface area contributed by atoms with Crippen molar-refractivity contribution in [3.8, 4) is 0 Å². The SMILES string of the molecule is OCCCCNCc1ccc(F)cc1C(F)(F)F. The lowest BCUT2D eigenvalue weighted by Gasteiger charge is -2.13. The molecular formula is C12H15F4NO. The van der Waals surface area contributed by atoms with Crippen molar-refractivity contribution in [3.05, 3.63) is 35.1 Å². The molecule has 6 heteroatoms. The van der Waals surface area contributed by atoms with Crippen molar-refractivity contribution in [2.75, 3.05) is 13.2 Å². The molecule has 0 aliphatic carbocycles. The molecule has 0 saturated heterocycles. The summed E-state index contributed by atoms with van der Waals surface area (Å²) in [5.41, 5.74) is -0.926. The van der Waals surface area contributed by atoms with E-state index < -0.39 is 17.6 Å². The van der Waals surface area contributed by atoms with Crippen LogP contribution in [0.2, 0.25) is 0 Å². The number of halogens is 4. The molecule has 0 aliphatic heterocycles. The van der Waals surface area contributed by atoms with Crippen LogP contribution in [0.1, 0.15) is 24.0 Å². The molecule has 0 aliphatic rings. The maximum absolute atomic E-state index is 12.8. The van der Waals surface area contributed by atoms with Gasteiger partial charge in [-0.15, -0.1) is 0 Å². The molecule has 0 atom stereocenters. The first-order valence-corrected chi connectivity index (χ1v) is 5.62. The second-order valence-corrected chi connectivity index (χ2v) is 3.91. The predicted octanol–water partition coefficient (Wildman–Crippen LogP) is 2.71. The van der Waals surface area contributed by atoms with Gasteiger partial charge in [0.15, 0.2) is 0 Å². The molecule has 0 bridgehead atoms. The Morgan fingerprint density at radius 3 is 2.50 bits per heavy atom. The number of nitrogens with one attached hydrogen (secondary N) is 1. The van der Waals surface area contributed by atoms with Crippen molar-refractivity contribution < 1.29 is 22.7 Å². The second-order valence-electron chi connectivity index (χ2n) is 3.91. The van der Waals surface area contributed by atoms with Crippen molar-refractivity contribution in [2.45, 2.75) is 25.6 Å². The van der Waals surface area contributed by atoms with Gasteiger partial charge < -0.3 is 10.4 Å². The molecule has 0 unspecified atom stereocenters. The zero-order valence-corrected chi connectivity index (χ0v) is 9.73. The maximum atomic E-state index is 12.8. The molecule has 2 N–H and O–H groups in total. The summed E-state index contributed by atoms with van der Waals surface area (Å²) in [7, 11) is 0. The Balaban J connectivity index is 2.65. The largest absolute Gasteiger partial charge is 0.416 e. The standard InChI is InChI=1S/C12H15F4NO/c13-10-4-3-9(8-17-5-1-2-6-18)11(7-10)12(14,15)16/h3-4,7,17-18H,1-2,5-6,8H2. The molecule has 0 fully saturated rings. The highest BCUT2D eigenvalue weighted by atomic mass is 19.4. The van der Waals surface area contributed by atoms with Gasteiger partial charge >= 0.3 is 6.18 Å². The Labute approximate surface area is 103 Å². The number of aliphatic hydroxyl groups excluding tert-OH is 1. The summed E-state index contributed by atoms with van der Waals surface area (Å²) >= 11 is 0. The highest BCUT2D eigenvalue weighted by Crippen LogP contribution is 2.32. The van der Waals surface area contributed by atoms with E-state index in [-0.39, 0.29) is 18.7 Å². The molecule has 0 amide bonds. The monoisotopic (exact) mass is 265 g/mol. The van der Waals surface area contributed by atoms with E-state index in [0.717, 1.165) is 12.1 Å². The van der Waals surface area contributed by atoms with Crippen molar-refractivity contribution in [1.29, 1.82) is 0 Å². The average Bonchev–Trinajstić information content (AvgIpc) is 2.29. The van der Waals surface area contributed by atoms with E-state index in [9.17, 15) is 17.6 Å². The number of alkyl halides is 3. The van der Waals surface area contributed by atoms with Gasteiger partial charge in [-0.05, 0) is 37.1 Å². The lowest BCUT2D eigenvalue weighted by molar-refractivity contribution is -0.138. The molecule has 0 saturated carbocycles. The smallest absolute Gasteiger partial charge is 0.396 e. The summed E-state index contributed by atoms with van der Waals surface area (Å²) in [4.78, 5) is 0. The van der Waals surface area contributed by atoms with Gasteiger partial charge in [0.25, 0.3) is 0 Å². The van der Waals surface area contributed by atoms with E-state index >= 15 is 0 Å². The summed E-state index contributed by atoms with van der Waals surface area (Å²) in [5.74, 6) is -0.897. The third kappa shape index (κ3) is 4.62. The molecule has 0 spiro atoms.